The second-order valence-electron chi connectivity index (χ2n) is 18.2. The number of nitriles is 1. The van der Waals surface area contributed by atoms with Gasteiger partial charge >= 0.3 is 0 Å². The topological polar surface area (TPSA) is 64.3 Å². The normalized spacial score (nSPS) is 12.0. The Balaban J connectivity index is 0.951. The number of hydrogen-bond donors (Lipinski definition) is 0. The van der Waals surface area contributed by atoms with E-state index < -0.39 is 0 Å². The van der Waals surface area contributed by atoms with E-state index in [2.05, 4.69) is 178 Å². The zero-order valence-electron chi connectivity index (χ0n) is 37.2. The molecule has 70 heavy (non-hydrogen) atoms. The highest BCUT2D eigenvalue weighted by atomic mass is 16.3. The van der Waals surface area contributed by atoms with E-state index in [4.69, 9.17) is 15.4 Å². The Morgan fingerprint density at radius 2 is 0.771 bits per heavy atom. The molecule has 15 aromatic rings. The van der Waals surface area contributed by atoms with Crippen molar-refractivity contribution in [3.63, 3.8) is 0 Å². The van der Waals surface area contributed by atoms with Gasteiger partial charge < -0.3 is 18.0 Å². The van der Waals surface area contributed by atoms with Crippen molar-refractivity contribution in [3.05, 3.63) is 223 Å². The fourth-order valence-corrected chi connectivity index (χ4v) is 11.4. The summed E-state index contributed by atoms with van der Waals surface area (Å²) in [5, 5.41) is 24.4. The standard InChI is InChI=1S/C64H34N4O2/c1-66-64-51(36-65)54(67-52-24-20-39(34-49(52)62-43-12-4-2-10-37(43)18-26-55(62)67)41-22-30-60-47(32-41)45-14-6-8-16-58(45)69-60)28-29-57(64)68-53-25-21-40(35-50(53)63-44-13-5-3-11-38(44)19-27-56(63)68)42-23-31-61-48(33-42)46-15-7-9-17-59(46)70-61/h2-35H. The quantitative estimate of drug-likeness (QED) is 0.165. The summed E-state index contributed by atoms with van der Waals surface area (Å²) in [6.07, 6.45) is 0. The van der Waals surface area contributed by atoms with Crippen molar-refractivity contribution in [1.29, 1.82) is 5.26 Å². The first-order valence-corrected chi connectivity index (χ1v) is 23.3. The van der Waals surface area contributed by atoms with Gasteiger partial charge in [0, 0.05) is 43.1 Å². The lowest BCUT2D eigenvalue weighted by molar-refractivity contribution is 0.668. The van der Waals surface area contributed by atoms with Crippen molar-refractivity contribution >= 4 is 115 Å². The second kappa shape index (κ2) is 14.3. The lowest BCUT2D eigenvalue weighted by Gasteiger charge is -2.16. The van der Waals surface area contributed by atoms with Crippen LogP contribution in [-0.2, 0) is 0 Å². The fraction of sp³-hybridized carbons (Fsp3) is 0. The summed E-state index contributed by atoms with van der Waals surface area (Å²) in [4.78, 5) is 4.24. The summed E-state index contributed by atoms with van der Waals surface area (Å²) >= 11 is 0. The Kier molecular flexibility index (Phi) is 7.82. The van der Waals surface area contributed by atoms with Gasteiger partial charge in [0.05, 0.1) is 51.6 Å². The van der Waals surface area contributed by atoms with Gasteiger partial charge in [-0.15, -0.1) is 0 Å². The van der Waals surface area contributed by atoms with Gasteiger partial charge in [-0.05, 0) is 129 Å². The van der Waals surface area contributed by atoms with Crippen LogP contribution in [0.2, 0.25) is 0 Å². The average Bonchev–Trinajstić information content (AvgIpc) is 4.17. The summed E-state index contributed by atoms with van der Waals surface area (Å²) in [6, 6.07) is 74.4. The first-order chi connectivity index (χ1) is 34.6. The molecule has 6 heteroatoms. The summed E-state index contributed by atoms with van der Waals surface area (Å²) in [7, 11) is 0. The largest absolute Gasteiger partial charge is 0.456 e. The molecule has 0 aliphatic rings. The van der Waals surface area contributed by atoms with Gasteiger partial charge in [-0.2, -0.15) is 5.26 Å². The van der Waals surface area contributed by atoms with Crippen molar-refractivity contribution in [2.45, 2.75) is 0 Å². The molecule has 0 bridgehead atoms. The molecule has 0 atom stereocenters. The molecule has 15 rings (SSSR count). The lowest BCUT2D eigenvalue weighted by Crippen LogP contribution is -2.02. The molecule has 11 aromatic carbocycles. The minimum absolute atomic E-state index is 0.293. The Morgan fingerprint density at radius 1 is 0.371 bits per heavy atom. The van der Waals surface area contributed by atoms with E-state index in [1.54, 1.807) is 0 Å². The van der Waals surface area contributed by atoms with Crippen molar-refractivity contribution in [1.82, 2.24) is 9.13 Å². The van der Waals surface area contributed by atoms with Crippen LogP contribution in [-0.4, -0.2) is 9.13 Å². The first kappa shape index (κ1) is 38.2. The molecule has 0 fully saturated rings. The molecule has 0 amide bonds. The molecule has 0 aliphatic carbocycles. The van der Waals surface area contributed by atoms with Crippen LogP contribution in [0.1, 0.15) is 5.56 Å². The maximum atomic E-state index is 11.3. The minimum Gasteiger partial charge on any atom is -0.456 e. The van der Waals surface area contributed by atoms with Crippen LogP contribution in [0.4, 0.5) is 5.69 Å². The van der Waals surface area contributed by atoms with Gasteiger partial charge in [0.2, 0.25) is 5.69 Å². The molecular formula is C64H34N4O2. The number of rotatable bonds is 4. The van der Waals surface area contributed by atoms with Crippen LogP contribution >= 0.6 is 0 Å². The number of benzene rings is 11. The third-order valence-electron chi connectivity index (χ3n) is 14.6. The predicted molar refractivity (Wildman–Crippen MR) is 287 cm³/mol. The average molecular weight is 891 g/mol. The molecule has 4 heterocycles. The SMILES string of the molecule is [C-]#[N+]c1c(-n2c3ccc(-c4ccc5oc6ccccc6c5c4)cc3c3c4ccccc4ccc32)ccc(-n2c3ccc(-c4ccc5oc6ccccc6c5c4)cc3c3c4ccccc4ccc32)c1C#N. The van der Waals surface area contributed by atoms with Crippen molar-refractivity contribution in [2.24, 2.45) is 0 Å². The van der Waals surface area contributed by atoms with Crippen LogP contribution < -0.4 is 0 Å². The fourth-order valence-electron chi connectivity index (χ4n) is 11.4. The number of aromatic nitrogens is 2. The minimum atomic E-state index is 0.293. The maximum absolute atomic E-state index is 11.3. The molecule has 0 radical (unpaired) electrons. The van der Waals surface area contributed by atoms with Crippen molar-refractivity contribution < 1.29 is 8.83 Å². The Labute approximate surface area is 399 Å². The van der Waals surface area contributed by atoms with E-state index in [0.29, 0.717) is 22.6 Å². The molecule has 0 aliphatic heterocycles. The molecule has 4 aromatic heterocycles. The zero-order valence-corrected chi connectivity index (χ0v) is 37.2. The van der Waals surface area contributed by atoms with E-state index in [-0.39, 0.29) is 0 Å². The van der Waals surface area contributed by atoms with Gasteiger partial charge in [-0.25, -0.2) is 4.85 Å². The Hall–Kier alpha value is -9.88. The first-order valence-electron chi connectivity index (χ1n) is 23.3. The summed E-state index contributed by atoms with van der Waals surface area (Å²) < 4.78 is 16.7. The molecule has 322 valence electrons. The predicted octanol–water partition coefficient (Wildman–Crippen LogP) is 17.7. The number of fused-ring (bicyclic) bond motifs is 16. The lowest BCUT2D eigenvalue weighted by atomic mass is 9.99. The number of hydrogen-bond acceptors (Lipinski definition) is 3. The molecule has 0 spiro atoms. The van der Waals surface area contributed by atoms with Gasteiger partial charge in [0.25, 0.3) is 0 Å². The molecular weight excluding hydrogens is 857 g/mol. The van der Waals surface area contributed by atoms with E-state index in [9.17, 15) is 5.26 Å². The van der Waals surface area contributed by atoms with Crippen LogP contribution in [0, 0.1) is 17.9 Å². The van der Waals surface area contributed by atoms with Gasteiger partial charge in [0.15, 0.2) is 0 Å². The molecule has 0 unspecified atom stereocenters. The summed E-state index contributed by atoms with van der Waals surface area (Å²) in [5.41, 5.74) is 13.5. The highest BCUT2D eigenvalue weighted by Gasteiger charge is 2.25. The van der Waals surface area contributed by atoms with E-state index in [1.807, 2.05) is 48.5 Å². The molecule has 6 nitrogen and oxygen atoms in total. The van der Waals surface area contributed by atoms with E-state index in [0.717, 1.165) is 131 Å². The smallest absolute Gasteiger partial charge is 0.230 e. The van der Waals surface area contributed by atoms with Crippen LogP contribution in [0.5, 0.6) is 0 Å². The highest BCUT2D eigenvalue weighted by molar-refractivity contribution is 6.24. The molecule has 0 saturated carbocycles. The van der Waals surface area contributed by atoms with Gasteiger partial charge in [-0.3, -0.25) is 0 Å². The summed E-state index contributed by atoms with van der Waals surface area (Å²) in [5.74, 6) is 0. The van der Waals surface area contributed by atoms with Gasteiger partial charge in [0.1, 0.15) is 22.3 Å². The molecule has 0 N–H and O–H groups in total. The number of furan rings is 2. The zero-order chi connectivity index (χ0) is 46.2. The molecule has 0 saturated heterocycles. The van der Waals surface area contributed by atoms with Gasteiger partial charge in [-0.1, -0.05) is 121 Å². The van der Waals surface area contributed by atoms with Crippen LogP contribution in [0.25, 0.3) is 148 Å². The van der Waals surface area contributed by atoms with Crippen molar-refractivity contribution in [2.75, 3.05) is 0 Å². The second-order valence-corrected chi connectivity index (χ2v) is 18.2. The number of nitrogens with zero attached hydrogens (tertiary/aromatic N) is 4. The van der Waals surface area contributed by atoms with Crippen molar-refractivity contribution in [3.8, 4) is 39.7 Å². The monoisotopic (exact) mass is 890 g/mol. The Morgan fingerprint density at radius 3 is 1.27 bits per heavy atom. The van der Waals surface area contributed by atoms with Crippen LogP contribution in [0.15, 0.2) is 215 Å². The number of para-hydroxylation sites is 2. The Bertz CT molecular complexity index is 4560. The maximum Gasteiger partial charge on any atom is 0.230 e. The highest BCUT2D eigenvalue weighted by Crippen LogP contribution is 2.46. The third kappa shape index (κ3) is 5.30. The van der Waals surface area contributed by atoms with E-state index >= 15 is 0 Å². The van der Waals surface area contributed by atoms with E-state index in [1.165, 1.54) is 0 Å². The third-order valence-corrected chi connectivity index (χ3v) is 14.6. The summed E-state index contributed by atoms with van der Waals surface area (Å²) in [6.45, 7) is 8.85. The van der Waals surface area contributed by atoms with Crippen LogP contribution in [0.3, 0.4) is 0 Å².